The molecule has 2 N–H and O–H groups in total. The predicted octanol–water partition coefficient (Wildman–Crippen LogP) is 1.04. The summed E-state index contributed by atoms with van der Waals surface area (Å²) < 4.78 is 10.9. The molecule has 2 unspecified atom stereocenters. The average molecular weight is 304 g/mol. The predicted molar refractivity (Wildman–Crippen MR) is 78.1 cm³/mol. The molecule has 2 amide bonds. The molecule has 1 heterocycles. The number of likely N-dealkylation sites (tertiary alicyclic amines) is 1. The topological polar surface area (TPSA) is 86.7 Å². The van der Waals surface area contributed by atoms with Crippen LogP contribution in [0.2, 0.25) is 0 Å². The minimum absolute atomic E-state index is 0.0908. The third kappa shape index (κ3) is 6.88. The summed E-state index contributed by atoms with van der Waals surface area (Å²) in [5.74, 6) is 0.106. The molecule has 7 heteroatoms. The quantitative estimate of drug-likeness (QED) is 0.688. The number of nitrogens with one attached hydrogen (secondary N) is 1. The number of hydrogen-bond donors (Lipinski definition) is 2. The lowest BCUT2D eigenvalue weighted by atomic mass is 9.93. The summed E-state index contributed by atoms with van der Waals surface area (Å²) in [5.41, 5.74) is 0. The van der Waals surface area contributed by atoms with E-state index in [9.17, 15) is 13.8 Å². The molecule has 0 saturated carbocycles. The fraction of sp³-hybridized carbons (Fsp3) is 0.846. The van der Waals surface area contributed by atoms with Gasteiger partial charge in [0, 0.05) is 48.9 Å². The number of amides is 2. The summed E-state index contributed by atoms with van der Waals surface area (Å²) >= 11 is 0. The van der Waals surface area contributed by atoms with Crippen LogP contribution in [-0.2, 0) is 15.6 Å². The number of nitrogens with zero attached hydrogens (tertiary/aromatic N) is 1. The molecule has 1 aliphatic heterocycles. The van der Waals surface area contributed by atoms with Gasteiger partial charge in [0.25, 0.3) is 0 Å². The van der Waals surface area contributed by atoms with Crippen molar-refractivity contribution in [2.75, 3.05) is 31.6 Å². The Hall–Kier alpha value is -1.11. The Morgan fingerprint density at radius 2 is 2.20 bits per heavy atom. The summed E-state index contributed by atoms with van der Waals surface area (Å²) in [5, 5.41) is 11.5. The van der Waals surface area contributed by atoms with Crippen LogP contribution < -0.4 is 5.32 Å². The Kier molecular flexibility index (Phi) is 7.58. The minimum atomic E-state index is -0.818. The van der Waals surface area contributed by atoms with Gasteiger partial charge in [-0.05, 0) is 31.6 Å². The minimum Gasteiger partial charge on any atom is -0.481 e. The molecule has 1 rings (SSSR count). The van der Waals surface area contributed by atoms with E-state index in [0.29, 0.717) is 31.7 Å². The molecule has 1 saturated heterocycles. The smallest absolute Gasteiger partial charge is 0.317 e. The fourth-order valence-corrected chi connectivity index (χ4v) is 2.95. The highest BCUT2D eigenvalue weighted by molar-refractivity contribution is 7.84. The first-order chi connectivity index (χ1) is 9.49. The molecule has 0 bridgehead atoms. The number of hydrogen-bond acceptors (Lipinski definition) is 3. The first-order valence-corrected chi connectivity index (χ1v) is 8.76. The van der Waals surface area contributed by atoms with E-state index in [1.807, 2.05) is 0 Å². The fourth-order valence-electron chi connectivity index (χ4n) is 2.40. The molecule has 0 radical (unpaired) electrons. The van der Waals surface area contributed by atoms with Gasteiger partial charge in [-0.25, -0.2) is 4.79 Å². The summed E-state index contributed by atoms with van der Waals surface area (Å²) in [4.78, 5) is 24.3. The van der Waals surface area contributed by atoms with E-state index in [-0.39, 0.29) is 18.4 Å². The zero-order valence-corrected chi connectivity index (χ0v) is 12.8. The number of piperidine rings is 1. The first kappa shape index (κ1) is 16.9. The Labute approximate surface area is 122 Å². The van der Waals surface area contributed by atoms with E-state index in [1.165, 1.54) is 0 Å². The van der Waals surface area contributed by atoms with Gasteiger partial charge in [-0.1, -0.05) is 0 Å². The van der Waals surface area contributed by atoms with Crippen LogP contribution in [0.1, 0.15) is 32.1 Å². The van der Waals surface area contributed by atoms with Gasteiger partial charge in [0.1, 0.15) is 0 Å². The van der Waals surface area contributed by atoms with E-state index in [4.69, 9.17) is 5.11 Å². The maximum atomic E-state index is 11.9. The molecule has 2 atom stereocenters. The third-order valence-corrected chi connectivity index (χ3v) is 4.32. The third-order valence-electron chi connectivity index (χ3n) is 3.46. The molecule has 0 spiro atoms. The Bertz CT molecular complexity index is 362. The number of urea groups is 1. The van der Waals surface area contributed by atoms with Crippen molar-refractivity contribution in [1.82, 2.24) is 10.2 Å². The van der Waals surface area contributed by atoms with Crippen molar-refractivity contribution in [2.24, 2.45) is 5.92 Å². The van der Waals surface area contributed by atoms with Crippen molar-refractivity contribution >= 4 is 22.8 Å². The normalized spacial score (nSPS) is 20.4. The molecule has 20 heavy (non-hydrogen) atoms. The van der Waals surface area contributed by atoms with Crippen molar-refractivity contribution < 1.29 is 18.9 Å². The summed E-state index contributed by atoms with van der Waals surface area (Å²) in [6, 6.07) is -0.0908. The van der Waals surface area contributed by atoms with Crippen molar-refractivity contribution in [3.8, 4) is 0 Å². The van der Waals surface area contributed by atoms with Crippen LogP contribution in [0.4, 0.5) is 4.79 Å². The molecular formula is C13H24N2O4S. The zero-order chi connectivity index (χ0) is 15.0. The Morgan fingerprint density at radius 3 is 2.85 bits per heavy atom. The van der Waals surface area contributed by atoms with Crippen LogP contribution in [-0.4, -0.2) is 57.9 Å². The van der Waals surface area contributed by atoms with Gasteiger partial charge < -0.3 is 15.3 Å². The second-order valence-electron chi connectivity index (χ2n) is 5.25. The highest BCUT2D eigenvalue weighted by Crippen LogP contribution is 2.20. The summed E-state index contributed by atoms with van der Waals surface area (Å²) in [7, 11) is -0.818. The first-order valence-electron chi connectivity index (χ1n) is 7.03. The van der Waals surface area contributed by atoms with Crippen LogP contribution in [0.25, 0.3) is 0 Å². The van der Waals surface area contributed by atoms with Crippen LogP contribution in [0, 0.1) is 5.92 Å². The van der Waals surface area contributed by atoms with Crippen LogP contribution >= 0.6 is 0 Å². The molecule has 0 aromatic rings. The second-order valence-corrected chi connectivity index (χ2v) is 6.80. The molecule has 1 aliphatic rings. The lowest BCUT2D eigenvalue weighted by molar-refractivity contribution is -0.137. The number of carboxylic acid groups (broad SMARTS) is 1. The number of aliphatic carboxylic acids is 1. The highest BCUT2D eigenvalue weighted by Gasteiger charge is 2.23. The van der Waals surface area contributed by atoms with Gasteiger partial charge in [-0.15, -0.1) is 0 Å². The van der Waals surface area contributed by atoms with Crippen molar-refractivity contribution in [3.05, 3.63) is 0 Å². The number of rotatable bonds is 7. The molecule has 116 valence electrons. The van der Waals surface area contributed by atoms with Gasteiger partial charge in [0.2, 0.25) is 0 Å². The maximum absolute atomic E-state index is 11.9. The van der Waals surface area contributed by atoms with E-state index < -0.39 is 16.8 Å². The number of carboxylic acids is 1. The van der Waals surface area contributed by atoms with E-state index in [2.05, 4.69) is 5.32 Å². The van der Waals surface area contributed by atoms with Crippen LogP contribution in [0.3, 0.4) is 0 Å². The molecule has 1 fully saturated rings. The molecular weight excluding hydrogens is 280 g/mol. The highest BCUT2D eigenvalue weighted by atomic mass is 32.2. The lowest BCUT2D eigenvalue weighted by Gasteiger charge is -2.32. The maximum Gasteiger partial charge on any atom is 0.317 e. The molecule has 6 nitrogen and oxygen atoms in total. The number of carbonyl (C=O) groups excluding carboxylic acids is 1. The van der Waals surface area contributed by atoms with Gasteiger partial charge in [0.15, 0.2) is 0 Å². The summed E-state index contributed by atoms with van der Waals surface area (Å²) in [6.45, 7) is 1.91. The van der Waals surface area contributed by atoms with Crippen LogP contribution in [0.5, 0.6) is 0 Å². The van der Waals surface area contributed by atoms with Gasteiger partial charge in [0.05, 0.1) is 0 Å². The van der Waals surface area contributed by atoms with Crippen molar-refractivity contribution in [2.45, 2.75) is 32.1 Å². The SMILES string of the molecule is CS(=O)CCCNC(=O)N1CCCC(CCC(=O)O)C1. The van der Waals surface area contributed by atoms with Gasteiger partial charge in [-0.3, -0.25) is 9.00 Å². The Morgan fingerprint density at radius 1 is 1.45 bits per heavy atom. The zero-order valence-electron chi connectivity index (χ0n) is 12.0. The van der Waals surface area contributed by atoms with Gasteiger partial charge >= 0.3 is 12.0 Å². The van der Waals surface area contributed by atoms with Crippen molar-refractivity contribution in [1.29, 1.82) is 0 Å². The van der Waals surface area contributed by atoms with Gasteiger partial charge in [-0.2, -0.15) is 0 Å². The van der Waals surface area contributed by atoms with Crippen molar-refractivity contribution in [3.63, 3.8) is 0 Å². The monoisotopic (exact) mass is 304 g/mol. The lowest BCUT2D eigenvalue weighted by Crippen LogP contribution is -2.45. The van der Waals surface area contributed by atoms with E-state index in [0.717, 1.165) is 19.4 Å². The standard InChI is InChI=1S/C13H24N2O4S/c1-20(19)9-3-7-14-13(18)15-8-2-4-11(10-15)5-6-12(16)17/h11H,2-10H2,1H3,(H,14,18)(H,16,17). The van der Waals surface area contributed by atoms with E-state index in [1.54, 1.807) is 11.2 Å². The molecule has 0 aromatic carbocycles. The summed E-state index contributed by atoms with van der Waals surface area (Å²) in [6.07, 6.45) is 5.09. The molecule has 0 aromatic heterocycles. The van der Waals surface area contributed by atoms with Crippen LogP contribution in [0.15, 0.2) is 0 Å². The largest absolute Gasteiger partial charge is 0.481 e. The molecule has 0 aliphatic carbocycles. The average Bonchev–Trinajstić information content (AvgIpc) is 2.41. The number of carbonyl (C=O) groups is 2. The second kappa shape index (κ2) is 8.94. The van der Waals surface area contributed by atoms with E-state index >= 15 is 0 Å². The Balaban J connectivity index is 2.25.